The van der Waals surface area contributed by atoms with Crippen molar-refractivity contribution in [2.45, 2.75) is 6.92 Å². The van der Waals surface area contributed by atoms with Crippen LogP contribution in [0.4, 0.5) is 17.1 Å². The van der Waals surface area contributed by atoms with E-state index in [-0.39, 0.29) is 18.4 Å². The number of methoxy groups -OCH3 is 1. The van der Waals surface area contributed by atoms with E-state index >= 15 is 0 Å². The molecule has 0 atom stereocenters. The summed E-state index contributed by atoms with van der Waals surface area (Å²) in [5, 5.41) is 6.15. The van der Waals surface area contributed by atoms with Crippen molar-refractivity contribution in [3.63, 3.8) is 0 Å². The van der Waals surface area contributed by atoms with Gasteiger partial charge in [-0.25, -0.2) is 0 Å². The van der Waals surface area contributed by atoms with Crippen molar-refractivity contribution in [3.05, 3.63) is 81.8 Å². The van der Waals surface area contributed by atoms with E-state index in [2.05, 4.69) is 10.6 Å². The van der Waals surface area contributed by atoms with Crippen molar-refractivity contribution in [1.82, 2.24) is 0 Å². The molecule has 0 radical (unpaired) electrons. The Morgan fingerprint density at radius 2 is 1.76 bits per heavy atom. The van der Waals surface area contributed by atoms with E-state index < -0.39 is 0 Å². The second-order valence-electron chi connectivity index (χ2n) is 7.29. The molecular formula is C25H23Cl2N3O4. The first-order valence-electron chi connectivity index (χ1n) is 10.2. The molecule has 9 heteroatoms. The lowest BCUT2D eigenvalue weighted by atomic mass is 10.1. The lowest BCUT2D eigenvalue weighted by Gasteiger charge is -2.12. The van der Waals surface area contributed by atoms with Crippen LogP contribution < -0.4 is 25.8 Å². The van der Waals surface area contributed by atoms with Gasteiger partial charge in [0, 0.05) is 11.8 Å². The molecule has 0 aromatic heterocycles. The Morgan fingerprint density at radius 1 is 0.971 bits per heavy atom. The third kappa shape index (κ3) is 6.91. The summed E-state index contributed by atoms with van der Waals surface area (Å²) in [6, 6.07) is 15.3. The number of aryl methyl sites for hydroxylation is 1. The number of halogens is 2. The van der Waals surface area contributed by atoms with Gasteiger partial charge >= 0.3 is 0 Å². The normalized spacial score (nSPS) is 10.7. The molecule has 3 aromatic rings. The summed E-state index contributed by atoms with van der Waals surface area (Å²) in [5.74, 6) is 0.0822. The SMILES string of the molecule is COc1cc(/C=C/C(=O)Nc2ccc(C)cc2N)ccc1OCC(=O)Nc1ccc(Cl)c(Cl)c1. The van der Waals surface area contributed by atoms with Crippen molar-refractivity contribution in [3.8, 4) is 11.5 Å². The Balaban J connectivity index is 1.59. The van der Waals surface area contributed by atoms with E-state index in [4.69, 9.17) is 38.4 Å². The number of hydrogen-bond donors (Lipinski definition) is 3. The smallest absolute Gasteiger partial charge is 0.262 e. The molecule has 3 rings (SSSR count). The number of carbonyl (C=O) groups excluding carboxylic acids is 2. The number of hydrogen-bond acceptors (Lipinski definition) is 5. The highest BCUT2D eigenvalue weighted by Gasteiger charge is 2.10. The number of nitrogens with two attached hydrogens (primary N) is 1. The van der Waals surface area contributed by atoms with Crippen LogP contribution in [0.5, 0.6) is 11.5 Å². The van der Waals surface area contributed by atoms with Crippen molar-refractivity contribution in [2.75, 3.05) is 30.1 Å². The van der Waals surface area contributed by atoms with E-state index in [1.807, 2.05) is 13.0 Å². The molecule has 0 aliphatic heterocycles. The van der Waals surface area contributed by atoms with Gasteiger partial charge in [-0.3, -0.25) is 9.59 Å². The fourth-order valence-electron chi connectivity index (χ4n) is 2.96. The van der Waals surface area contributed by atoms with Crippen LogP contribution in [0.3, 0.4) is 0 Å². The predicted octanol–water partition coefficient (Wildman–Crippen LogP) is 5.56. The van der Waals surface area contributed by atoms with Crippen LogP contribution in [0, 0.1) is 6.92 Å². The van der Waals surface area contributed by atoms with Crippen molar-refractivity contribution in [1.29, 1.82) is 0 Å². The van der Waals surface area contributed by atoms with Crippen molar-refractivity contribution >= 4 is 58.2 Å². The first-order chi connectivity index (χ1) is 16.2. The van der Waals surface area contributed by atoms with Crippen LogP contribution in [0.1, 0.15) is 11.1 Å². The highest BCUT2D eigenvalue weighted by atomic mass is 35.5. The van der Waals surface area contributed by atoms with Gasteiger partial charge in [-0.05, 0) is 66.6 Å². The van der Waals surface area contributed by atoms with Crippen LogP contribution in [0.2, 0.25) is 10.0 Å². The average Bonchev–Trinajstić information content (AvgIpc) is 2.80. The molecule has 176 valence electrons. The molecular weight excluding hydrogens is 477 g/mol. The van der Waals surface area contributed by atoms with Gasteiger partial charge in [0.25, 0.3) is 5.91 Å². The van der Waals surface area contributed by atoms with Crippen LogP contribution in [-0.4, -0.2) is 25.5 Å². The first-order valence-corrected chi connectivity index (χ1v) is 10.9. The van der Waals surface area contributed by atoms with E-state index in [1.165, 1.54) is 13.2 Å². The minimum Gasteiger partial charge on any atom is -0.493 e. The Labute approximate surface area is 207 Å². The van der Waals surface area contributed by atoms with Gasteiger partial charge in [-0.2, -0.15) is 0 Å². The molecule has 0 aliphatic carbocycles. The molecule has 0 unspecified atom stereocenters. The number of carbonyl (C=O) groups is 2. The Kier molecular flexibility index (Phi) is 8.40. The van der Waals surface area contributed by atoms with Gasteiger partial charge in [0.1, 0.15) is 0 Å². The van der Waals surface area contributed by atoms with Crippen LogP contribution in [0.25, 0.3) is 6.08 Å². The number of benzene rings is 3. The molecule has 0 heterocycles. The van der Waals surface area contributed by atoms with E-state index in [1.54, 1.807) is 54.6 Å². The summed E-state index contributed by atoms with van der Waals surface area (Å²) in [7, 11) is 1.48. The highest BCUT2D eigenvalue weighted by Crippen LogP contribution is 2.29. The molecule has 4 N–H and O–H groups in total. The lowest BCUT2D eigenvalue weighted by Crippen LogP contribution is -2.20. The summed E-state index contributed by atoms with van der Waals surface area (Å²) >= 11 is 11.8. The lowest BCUT2D eigenvalue weighted by molar-refractivity contribution is -0.118. The van der Waals surface area contributed by atoms with Gasteiger partial charge < -0.3 is 25.8 Å². The minimum absolute atomic E-state index is 0.244. The van der Waals surface area contributed by atoms with Gasteiger partial charge in [-0.1, -0.05) is 35.3 Å². The number of ether oxygens (including phenoxy) is 2. The number of nitrogens with one attached hydrogen (secondary N) is 2. The Bertz CT molecular complexity index is 1240. The van der Waals surface area contributed by atoms with Crippen molar-refractivity contribution in [2.24, 2.45) is 0 Å². The maximum atomic E-state index is 12.2. The Hall–Kier alpha value is -3.68. The molecule has 0 spiro atoms. The number of anilines is 3. The average molecular weight is 500 g/mol. The maximum Gasteiger partial charge on any atom is 0.262 e. The number of nitrogen functional groups attached to an aromatic ring is 1. The molecule has 0 saturated carbocycles. The zero-order chi connectivity index (χ0) is 24.7. The third-order valence-electron chi connectivity index (χ3n) is 4.64. The van der Waals surface area contributed by atoms with Gasteiger partial charge in [0.15, 0.2) is 18.1 Å². The largest absolute Gasteiger partial charge is 0.493 e. The van der Waals surface area contributed by atoms with Gasteiger partial charge in [-0.15, -0.1) is 0 Å². The maximum absolute atomic E-state index is 12.2. The molecule has 0 saturated heterocycles. The third-order valence-corrected chi connectivity index (χ3v) is 5.38. The van der Waals surface area contributed by atoms with E-state index in [9.17, 15) is 9.59 Å². The second-order valence-corrected chi connectivity index (χ2v) is 8.10. The van der Waals surface area contributed by atoms with Crippen LogP contribution >= 0.6 is 23.2 Å². The summed E-state index contributed by atoms with van der Waals surface area (Å²) in [6.07, 6.45) is 3.02. The summed E-state index contributed by atoms with van der Waals surface area (Å²) in [4.78, 5) is 24.4. The summed E-state index contributed by atoms with van der Waals surface area (Å²) in [5.41, 5.74) is 9.18. The predicted molar refractivity (Wildman–Crippen MR) is 137 cm³/mol. The van der Waals surface area contributed by atoms with Crippen LogP contribution in [0.15, 0.2) is 60.7 Å². The minimum atomic E-state index is -0.378. The first kappa shape index (κ1) is 25.0. The summed E-state index contributed by atoms with van der Waals surface area (Å²) in [6.45, 7) is 1.68. The van der Waals surface area contributed by atoms with Crippen molar-refractivity contribution < 1.29 is 19.1 Å². The quantitative estimate of drug-likeness (QED) is 0.278. The molecule has 3 aromatic carbocycles. The molecule has 2 amide bonds. The number of amides is 2. The monoisotopic (exact) mass is 499 g/mol. The zero-order valence-corrected chi connectivity index (χ0v) is 20.0. The van der Waals surface area contributed by atoms with E-state index in [0.717, 1.165) is 5.56 Å². The standard InChI is InChI=1S/C25H23Cl2N3O4/c1-15-3-8-21(20(28)11-15)30-24(31)10-5-16-4-9-22(23(12-16)33-2)34-14-25(32)29-17-6-7-18(26)19(27)13-17/h3-13H,14,28H2,1-2H3,(H,29,32)(H,30,31)/b10-5+. The fourth-order valence-corrected chi connectivity index (χ4v) is 3.26. The molecule has 0 bridgehead atoms. The zero-order valence-electron chi connectivity index (χ0n) is 18.5. The molecule has 0 aliphatic rings. The van der Waals surface area contributed by atoms with E-state index in [0.29, 0.717) is 44.2 Å². The molecule has 7 nitrogen and oxygen atoms in total. The fraction of sp³-hybridized carbons (Fsp3) is 0.120. The molecule has 34 heavy (non-hydrogen) atoms. The van der Waals surface area contributed by atoms with Gasteiger partial charge in [0.2, 0.25) is 5.91 Å². The van der Waals surface area contributed by atoms with Crippen LogP contribution in [-0.2, 0) is 9.59 Å². The van der Waals surface area contributed by atoms with Gasteiger partial charge in [0.05, 0.1) is 28.5 Å². The number of rotatable bonds is 8. The molecule has 0 fully saturated rings. The highest BCUT2D eigenvalue weighted by molar-refractivity contribution is 6.42. The topological polar surface area (TPSA) is 103 Å². The summed E-state index contributed by atoms with van der Waals surface area (Å²) < 4.78 is 10.9. The second kappa shape index (κ2) is 11.4. The Morgan fingerprint density at radius 3 is 2.47 bits per heavy atom.